The van der Waals surface area contributed by atoms with Gasteiger partial charge in [0.25, 0.3) is 5.69 Å². The zero-order valence-electron chi connectivity index (χ0n) is 23.8. The number of nitrogens with two attached hydrogens (primary N) is 1. The number of hydrogen-bond acceptors (Lipinski definition) is 11. The van der Waals surface area contributed by atoms with Crippen molar-refractivity contribution in [3.8, 4) is 11.5 Å². The predicted octanol–water partition coefficient (Wildman–Crippen LogP) is 7.69. The fraction of sp³-hybridized carbons (Fsp3) is 0. The summed E-state index contributed by atoms with van der Waals surface area (Å²) in [4.78, 5) is 47.1. The fourth-order valence-electron chi connectivity index (χ4n) is 3.97. The molecule has 0 aromatic heterocycles. The maximum atomic E-state index is 12.9. The lowest BCUT2D eigenvalue weighted by molar-refractivity contribution is -0.384. The van der Waals surface area contributed by atoms with E-state index < -0.39 is 22.5 Å². The van der Waals surface area contributed by atoms with Crippen molar-refractivity contribution < 1.29 is 24.0 Å². The molecule has 10 nitrogen and oxygen atoms in total. The van der Waals surface area contributed by atoms with Crippen molar-refractivity contribution in [3.05, 3.63) is 142 Å². The van der Waals surface area contributed by atoms with Crippen molar-refractivity contribution in [1.82, 2.24) is 0 Å². The van der Waals surface area contributed by atoms with Crippen LogP contribution in [0.5, 0.6) is 11.5 Å². The maximum absolute atomic E-state index is 12.9. The van der Waals surface area contributed by atoms with Crippen molar-refractivity contribution in [2.45, 2.75) is 9.79 Å². The van der Waals surface area contributed by atoms with Gasteiger partial charge in [0.1, 0.15) is 5.69 Å². The number of benzene rings is 5. The largest absolute Gasteiger partial charge is 0.420 e. The molecule has 0 saturated carbocycles. The van der Waals surface area contributed by atoms with Gasteiger partial charge in [-0.25, -0.2) is 9.59 Å². The lowest BCUT2D eigenvalue weighted by atomic mass is 10.1. The topological polar surface area (TPSA) is 146 Å². The van der Waals surface area contributed by atoms with Crippen LogP contribution in [0.15, 0.2) is 129 Å². The molecule has 5 aromatic carbocycles. The molecule has 0 atom stereocenters. The Morgan fingerprint density at radius 2 is 1.02 bits per heavy atom. The molecule has 228 valence electrons. The quantitative estimate of drug-likeness (QED) is 0.0282. The first kappa shape index (κ1) is 31.7. The van der Waals surface area contributed by atoms with Gasteiger partial charge in [-0.2, -0.15) is 0 Å². The second-order valence-corrected chi connectivity index (χ2v) is 10.7. The number of anilines is 1. The molecule has 12 heteroatoms. The first-order valence-electron chi connectivity index (χ1n) is 13.5. The minimum absolute atomic E-state index is 0.156. The highest BCUT2D eigenvalue weighted by atomic mass is 32.1. The molecule has 0 fully saturated rings. The van der Waals surface area contributed by atoms with E-state index in [0.717, 1.165) is 44.4 Å². The van der Waals surface area contributed by atoms with Crippen LogP contribution in [0, 0.1) is 10.1 Å². The predicted molar refractivity (Wildman–Crippen MR) is 182 cm³/mol. The molecule has 0 spiro atoms. The zero-order valence-corrected chi connectivity index (χ0v) is 25.6. The first-order valence-corrected chi connectivity index (χ1v) is 14.4. The highest BCUT2D eigenvalue weighted by Crippen LogP contribution is 2.37. The highest BCUT2D eigenvalue weighted by Gasteiger charge is 2.22. The number of carbonyl (C=O) groups is 2. The van der Waals surface area contributed by atoms with E-state index in [9.17, 15) is 19.7 Å². The van der Waals surface area contributed by atoms with Crippen LogP contribution in [0.1, 0.15) is 31.8 Å². The number of nitro groups is 1. The second-order valence-electron chi connectivity index (χ2n) is 9.69. The minimum atomic E-state index is -0.823. The summed E-state index contributed by atoms with van der Waals surface area (Å²) in [5.74, 6) is -2.32. The molecule has 0 aliphatic rings. The van der Waals surface area contributed by atoms with Gasteiger partial charge in [0.05, 0.1) is 39.6 Å². The number of rotatable bonds is 9. The van der Waals surface area contributed by atoms with Crippen LogP contribution >= 0.6 is 25.3 Å². The van der Waals surface area contributed by atoms with Gasteiger partial charge in [0.2, 0.25) is 0 Å². The highest BCUT2D eigenvalue weighted by molar-refractivity contribution is 7.80. The second kappa shape index (κ2) is 14.4. The van der Waals surface area contributed by atoms with Crippen molar-refractivity contribution in [3.63, 3.8) is 0 Å². The molecule has 0 saturated heterocycles. The van der Waals surface area contributed by atoms with Gasteiger partial charge < -0.3 is 15.2 Å². The number of ether oxygens (including phenoxy) is 2. The van der Waals surface area contributed by atoms with E-state index in [4.69, 9.17) is 15.2 Å². The molecule has 5 aromatic rings. The fourth-order valence-corrected chi connectivity index (χ4v) is 4.26. The molecule has 46 heavy (non-hydrogen) atoms. The summed E-state index contributed by atoms with van der Waals surface area (Å²) in [5.41, 5.74) is 8.61. The molecule has 0 aliphatic carbocycles. The van der Waals surface area contributed by atoms with Gasteiger partial charge >= 0.3 is 11.9 Å². The summed E-state index contributed by atoms with van der Waals surface area (Å²) in [6, 6.07) is 29.2. The number of nitrogens with zero attached hydrogens (tertiary/aromatic N) is 3. The van der Waals surface area contributed by atoms with Gasteiger partial charge in [-0.05, 0) is 83.9 Å². The minimum Gasteiger partial charge on any atom is -0.420 e. The van der Waals surface area contributed by atoms with E-state index in [1.807, 2.05) is 48.5 Å². The number of aliphatic imine (C=N–C) groups is 2. The molecule has 0 unspecified atom stereocenters. The number of non-ortho nitro benzene ring substituents is 1. The number of nitrogen functional groups attached to an aromatic ring is 1. The van der Waals surface area contributed by atoms with Gasteiger partial charge in [-0.3, -0.25) is 20.1 Å². The van der Waals surface area contributed by atoms with Crippen molar-refractivity contribution in [2.24, 2.45) is 9.98 Å². The molecule has 5 rings (SSSR count). The average Bonchev–Trinajstić information content (AvgIpc) is 3.06. The standard InChI is InChI=1S/C34H24N4O6S2/c35-32-30(43-33(39)23-5-1-21(2-6-23)19-36-25-9-13-28(45)14-10-25)17-27(38(41)42)18-31(32)44-34(40)24-7-3-22(4-8-24)20-37-26-11-15-29(46)16-12-26/h1-20,45-46H,35H2. The maximum Gasteiger partial charge on any atom is 0.343 e. The van der Waals surface area contributed by atoms with Crippen LogP contribution in [-0.2, 0) is 0 Å². The molecular weight excluding hydrogens is 625 g/mol. The lowest BCUT2D eigenvalue weighted by Gasteiger charge is -2.12. The first-order chi connectivity index (χ1) is 22.1. The third-order valence-corrected chi connectivity index (χ3v) is 7.02. The molecule has 0 heterocycles. The SMILES string of the molecule is Nc1c(OC(=O)c2ccc(C=Nc3ccc(S)cc3)cc2)cc([N+](=O)[O-])cc1OC(=O)c1ccc(C=Nc2ccc(S)cc2)cc1. The number of esters is 2. The van der Waals surface area contributed by atoms with Gasteiger partial charge in [-0.1, -0.05) is 24.3 Å². The van der Waals surface area contributed by atoms with Gasteiger partial charge in [-0.15, -0.1) is 25.3 Å². The van der Waals surface area contributed by atoms with Crippen LogP contribution in [0.25, 0.3) is 0 Å². The van der Waals surface area contributed by atoms with Crippen molar-refractivity contribution in [2.75, 3.05) is 5.73 Å². The van der Waals surface area contributed by atoms with Crippen molar-refractivity contribution in [1.29, 1.82) is 0 Å². The van der Waals surface area contributed by atoms with Gasteiger partial charge in [0, 0.05) is 22.2 Å². The summed E-state index contributed by atoms with van der Waals surface area (Å²) in [6.07, 6.45) is 3.26. The van der Waals surface area contributed by atoms with Crippen LogP contribution in [0.4, 0.5) is 22.7 Å². The molecule has 0 amide bonds. The summed E-state index contributed by atoms with van der Waals surface area (Å²) in [7, 11) is 0. The van der Waals surface area contributed by atoms with Crippen LogP contribution < -0.4 is 15.2 Å². The Labute approximate surface area is 274 Å². The van der Waals surface area contributed by atoms with E-state index in [2.05, 4.69) is 35.2 Å². The normalized spacial score (nSPS) is 11.1. The van der Waals surface area contributed by atoms with Crippen LogP contribution in [0.2, 0.25) is 0 Å². The lowest BCUT2D eigenvalue weighted by Crippen LogP contribution is -2.13. The van der Waals surface area contributed by atoms with Gasteiger partial charge in [0.15, 0.2) is 11.5 Å². The monoisotopic (exact) mass is 648 g/mol. The Bertz CT molecular complexity index is 1830. The third-order valence-electron chi connectivity index (χ3n) is 6.42. The van der Waals surface area contributed by atoms with E-state index in [0.29, 0.717) is 0 Å². The summed E-state index contributed by atoms with van der Waals surface area (Å²) >= 11 is 8.50. The van der Waals surface area contributed by atoms with Crippen molar-refractivity contribution >= 4 is 72.4 Å². The molecule has 0 radical (unpaired) electrons. The molecule has 0 aliphatic heterocycles. The summed E-state index contributed by atoms with van der Waals surface area (Å²) in [5, 5.41) is 11.6. The zero-order chi connectivity index (χ0) is 32.6. The van der Waals surface area contributed by atoms with E-state index in [1.54, 1.807) is 36.7 Å². The number of carbonyl (C=O) groups excluding carboxylic acids is 2. The van der Waals surface area contributed by atoms with Crippen LogP contribution in [0.3, 0.4) is 0 Å². The molecule has 0 bridgehead atoms. The Morgan fingerprint density at radius 1 is 0.652 bits per heavy atom. The number of nitro benzene ring substituents is 1. The third kappa shape index (κ3) is 8.25. The average molecular weight is 649 g/mol. The van der Waals surface area contributed by atoms with Crippen LogP contribution in [-0.4, -0.2) is 29.3 Å². The van der Waals surface area contributed by atoms with E-state index in [1.165, 1.54) is 24.3 Å². The van der Waals surface area contributed by atoms with E-state index >= 15 is 0 Å². The summed E-state index contributed by atoms with van der Waals surface area (Å²) < 4.78 is 10.8. The Morgan fingerprint density at radius 3 is 1.37 bits per heavy atom. The smallest absolute Gasteiger partial charge is 0.343 e. The molecule has 2 N–H and O–H groups in total. The molecular formula is C34H24N4O6S2. The van der Waals surface area contributed by atoms with E-state index in [-0.39, 0.29) is 28.3 Å². The Kier molecular flexibility index (Phi) is 9.90. The Hall–Kier alpha value is -5.72. The Balaban J connectivity index is 1.28. The number of thiol groups is 2. The number of hydrogen-bond donors (Lipinski definition) is 3. The summed E-state index contributed by atoms with van der Waals surface area (Å²) in [6.45, 7) is 0.